The molecule has 8 heteroatoms. The van der Waals surface area contributed by atoms with Crippen molar-refractivity contribution in [2.45, 2.75) is 12.8 Å². The average Bonchev–Trinajstić information content (AvgIpc) is 3.30. The number of benzene rings is 1. The Labute approximate surface area is 175 Å². The minimum atomic E-state index is -0.457. The normalized spacial score (nSPS) is 12.3. The number of hydrogen-bond acceptors (Lipinski definition) is 5. The molecular weight excluding hydrogens is 403 g/mol. The number of aromatic nitrogens is 3. The van der Waals surface area contributed by atoms with Crippen molar-refractivity contribution in [2.24, 2.45) is 12.8 Å². The number of nitrogens with two attached hydrogens (primary N) is 1. The highest BCUT2D eigenvalue weighted by atomic mass is 32.1. The maximum atomic E-state index is 13.1. The number of carbonyl (C=O) groups is 1. The highest BCUT2D eigenvalue weighted by Crippen LogP contribution is 2.48. The molecule has 6 nitrogen and oxygen atoms in total. The number of rotatable bonds is 4. The van der Waals surface area contributed by atoms with Gasteiger partial charge in [-0.3, -0.25) is 14.5 Å². The van der Waals surface area contributed by atoms with Crippen LogP contribution in [0.3, 0.4) is 0 Å². The van der Waals surface area contributed by atoms with Crippen molar-refractivity contribution in [1.82, 2.24) is 14.8 Å². The summed E-state index contributed by atoms with van der Waals surface area (Å²) in [7, 11) is 1.87. The van der Waals surface area contributed by atoms with Gasteiger partial charge in [-0.1, -0.05) is 11.3 Å². The highest BCUT2D eigenvalue weighted by Gasteiger charge is 2.30. The molecule has 2 N–H and O–H groups in total. The largest absolute Gasteiger partial charge is 0.444 e. The lowest BCUT2D eigenvalue weighted by Gasteiger charge is -2.16. The van der Waals surface area contributed by atoms with Crippen molar-refractivity contribution in [3.63, 3.8) is 0 Å². The third-order valence-electron chi connectivity index (χ3n) is 5.18. The fraction of sp³-hybridized carbons (Fsp3) is 0.136. The predicted molar refractivity (Wildman–Crippen MR) is 112 cm³/mol. The van der Waals surface area contributed by atoms with Gasteiger partial charge in [0.2, 0.25) is 0 Å². The summed E-state index contributed by atoms with van der Waals surface area (Å²) >= 11 is 1.25. The van der Waals surface area contributed by atoms with Gasteiger partial charge in [0.15, 0.2) is 5.06 Å². The maximum Gasteiger partial charge on any atom is 0.259 e. The summed E-state index contributed by atoms with van der Waals surface area (Å²) in [5, 5.41) is 4.96. The van der Waals surface area contributed by atoms with Gasteiger partial charge < -0.3 is 10.5 Å². The standard InChI is InChI=1S/C22H17FN4O2S/c1-27-19-13(10-26-27)4-8-16-18(19)22(30-20(16)21(24)28)29-15-7-9-17(25-11-15)12-2-5-14(23)6-3-12/h2-3,5-7,9-11H,4,8H2,1H3,(H2,24,28). The molecular formula is C22H17FN4O2S. The maximum absolute atomic E-state index is 13.1. The SMILES string of the molecule is Cn1ncc2c1-c1c(Oc3ccc(-c4ccc(F)cc4)nc3)sc(C(N)=O)c1CC2. The molecule has 0 fully saturated rings. The Bertz CT molecular complexity index is 1260. The first-order valence-corrected chi connectivity index (χ1v) is 10.2. The quantitative estimate of drug-likeness (QED) is 0.532. The van der Waals surface area contributed by atoms with E-state index < -0.39 is 5.91 Å². The van der Waals surface area contributed by atoms with E-state index in [2.05, 4.69) is 10.1 Å². The molecule has 4 aromatic rings. The fourth-order valence-electron chi connectivity index (χ4n) is 3.78. The number of hydrogen-bond donors (Lipinski definition) is 1. The van der Waals surface area contributed by atoms with Crippen LogP contribution in [0.4, 0.5) is 4.39 Å². The zero-order valence-electron chi connectivity index (χ0n) is 16.1. The Hall–Kier alpha value is -3.52. The summed E-state index contributed by atoms with van der Waals surface area (Å²) in [6.45, 7) is 0. The summed E-state index contributed by atoms with van der Waals surface area (Å²) < 4.78 is 21.1. The first-order valence-electron chi connectivity index (χ1n) is 9.38. The highest BCUT2D eigenvalue weighted by molar-refractivity contribution is 7.16. The molecule has 0 aliphatic heterocycles. The van der Waals surface area contributed by atoms with Gasteiger partial charge in [-0.05, 0) is 60.4 Å². The van der Waals surface area contributed by atoms with Crippen LogP contribution < -0.4 is 10.5 Å². The minimum Gasteiger partial charge on any atom is -0.444 e. The van der Waals surface area contributed by atoms with E-state index in [1.54, 1.807) is 29.1 Å². The van der Waals surface area contributed by atoms with E-state index >= 15 is 0 Å². The van der Waals surface area contributed by atoms with E-state index in [9.17, 15) is 9.18 Å². The van der Waals surface area contributed by atoms with Gasteiger partial charge in [0.1, 0.15) is 11.6 Å². The molecule has 1 aromatic carbocycles. The van der Waals surface area contributed by atoms with Crippen LogP contribution in [-0.4, -0.2) is 20.7 Å². The summed E-state index contributed by atoms with van der Waals surface area (Å²) in [4.78, 5) is 17.0. The number of ether oxygens (including phenoxy) is 1. The van der Waals surface area contributed by atoms with Gasteiger partial charge in [0, 0.05) is 12.6 Å². The van der Waals surface area contributed by atoms with Crippen LogP contribution >= 0.6 is 11.3 Å². The Kier molecular flexibility index (Phi) is 4.36. The van der Waals surface area contributed by atoms with Gasteiger partial charge in [-0.25, -0.2) is 4.39 Å². The second kappa shape index (κ2) is 7.07. The average molecular weight is 420 g/mol. The molecule has 5 rings (SSSR count). The monoisotopic (exact) mass is 420 g/mol. The van der Waals surface area contributed by atoms with E-state index in [1.165, 1.54) is 23.5 Å². The summed E-state index contributed by atoms with van der Waals surface area (Å²) in [6, 6.07) is 9.77. The van der Waals surface area contributed by atoms with Crippen molar-refractivity contribution in [3.05, 3.63) is 70.6 Å². The van der Waals surface area contributed by atoms with E-state index in [0.717, 1.165) is 34.4 Å². The number of amides is 1. The van der Waals surface area contributed by atoms with Gasteiger partial charge in [-0.2, -0.15) is 5.10 Å². The predicted octanol–water partition coefficient (Wildman–Crippen LogP) is 4.34. The lowest BCUT2D eigenvalue weighted by atomic mass is 9.91. The van der Waals surface area contributed by atoms with Crippen LogP contribution in [0.5, 0.6) is 10.8 Å². The van der Waals surface area contributed by atoms with Crippen molar-refractivity contribution in [2.75, 3.05) is 0 Å². The molecule has 1 amide bonds. The molecule has 0 saturated carbocycles. The number of thiophene rings is 1. The van der Waals surface area contributed by atoms with Crippen LogP contribution in [0.15, 0.2) is 48.8 Å². The van der Waals surface area contributed by atoms with Crippen molar-refractivity contribution in [1.29, 1.82) is 0 Å². The Morgan fingerprint density at radius 2 is 1.97 bits per heavy atom. The molecule has 30 heavy (non-hydrogen) atoms. The molecule has 3 heterocycles. The first kappa shape index (κ1) is 18.5. The minimum absolute atomic E-state index is 0.291. The van der Waals surface area contributed by atoms with E-state index in [0.29, 0.717) is 27.8 Å². The lowest BCUT2D eigenvalue weighted by molar-refractivity contribution is 0.100. The van der Waals surface area contributed by atoms with Gasteiger partial charge in [0.25, 0.3) is 5.91 Å². The van der Waals surface area contributed by atoms with E-state index in [4.69, 9.17) is 10.5 Å². The number of pyridine rings is 1. The first-order chi connectivity index (χ1) is 14.5. The third kappa shape index (κ3) is 3.05. The van der Waals surface area contributed by atoms with Gasteiger partial charge in [-0.15, -0.1) is 0 Å². The van der Waals surface area contributed by atoms with Crippen molar-refractivity contribution < 1.29 is 13.9 Å². The van der Waals surface area contributed by atoms with Crippen LogP contribution in [0.25, 0.3) is 22.5 Å². The van der Waals surface area contributed by atoms with Crippen molar-refractivity contribution in [3.8, 4) is 33.3 Å². The second-order valence-corrected chi connectivity index (χ2v) is 8.05. The smallest absolute Gasteiger partial charge is 0.259 e. The van der Waals surface area contributed by atoms with Crippen LogP contribution in [0.1, 0.15) is 20.8 Å². The number of primary amides is 1. The summed E-state index contributed by atoms with van der Waals surface area (Å²) in [5.74, 6) is -0.210. The molecule has 150 valence electrons. The molecule has 0 spiro atoms. The number of aryl methyl sites for hydroxylation is 2. The Morgan fingerprint density at radius 1 is 1.17 bits per heavy atom. The Balaban J connectivity index is 1.52. The van der Waals surface area contributed by atoms with Crippen LogP contribution in [0, 0.1) is 5.82 Å². The molecule has 0 saturated heterocycles. The zero-order chi connectivity index (χ0) is 20.8. The lowest BCUT2D eigenvalue weighted by Crippen LogP contribution is -2.13. The number of carbonyl (C=O) groups excluding carboxylic acids is 1. The van der Waals surface area contributed by atoms with Crippen LogP contribution in [-0.2, 0) is 19.9 Å². The zero-order valence-corrected chi connectivity index (χ0v) is 16.9. The van der Waals surface area contributed by atoms with E-state index in [1.807, 2.05) is 19.3 Å². The van der Waals surface area contributed by atoms with Crippen LogP contribution in [0.2, 0.25) is 0 Å². The molecule has 0 atom stereocenters. The Morgan fingerprint density at radius 3 is 2.67 bits per heavy atom. The number of halogens is 1. The van der Waals surface area contributed by atoms with Crippen molar-refractivity contribution >= 4 is 17.2 Å². The van der Waals surface area contributed by atoms with Gasteiger partial charge >= 0.3 is 0 Å². The molecule has 0 unspecified atom stereocenters. The molecule has 0 bridgehead atoms. The second-order valence-electron chi connectivity index (χ2n) is 7.07. The molecule has 1 aliphatic carbocycles. The molecule has 3 aromatic heterocycles. The molecule has 0 radical (unpaired) electrons. The third-order valence-corrected chi connectivity index (χ3v) is 6.31. The summed E-state index contributed by atoms with van der Waals surface area (Å²) in [5.41, 5.74) is 11.0. The van der Waals surface area contributed by atoms with Gasteiger partial charge in [0.05, 0.1) is 34.2 Å². The summed E-state index contributed by atoms with van der Waals surface area (Å²) in [6.07, 6.45) is 4.99. The van der Waals surface area contributed by atoms with E-state index in [-0.39, 0.29) is 5.82 Å². The number of fused-ring (bicyclic) bond motifs is 3. The molecule has 1 aliphatic rings. The number of nitrogens with zero attached hydrogens (tertiary/aromatic N) is 3. The fourth-order valence-corrected chi connectivity index (χ4v) is 4.85. The topological polar surface area (TPSA) is 83.0 Å².